The maximum absolute atomic E-state index is 12.6. The van der Waals surface area contributed by atoms with Crippen molar-refractivity contribution < 1.29 is 9.59 Å². The molecule has 0 N–H and O–H groups in total. The van der Waals surface area contributed by atoms with Crippen LogP contribution in [-0.4, -0.2) is 16.0 Å². The van der Waals surface area contributed by atoms with Crippen LogP contribution in [0, 0.1) is 0 Å². The van der Waals surface area contributed by atoms with Gasteiger partial charge < -0.3 is 0 Å². The number of carbonyl (C=O) groups is 2. The minimum Gasteiger partial charge on any atom is -0.268 e. The predicted molar refractivity (Wildman–Crippen MR) is 108 cm³/mol. The molecule has 1 aliphatic rings. The molecule has 0 aliphatic carbocycles. The molecule has 3 rings (SSSR count). The smallest absolute Gasteiger partial charge is 0.268 e. The Balaban J connectivity index is 1.82. The average molecular weight is 404 g/mol. The van der Waals surface area contributed by atoms with Gasteiger partial charge in [0.1, 0.15) is 0 Å². The number of carbonyl (C=O) groups excluding carboxylic acids is 2. The van der Waals surface area contributed by atoms with Crippen LogP contribution in [0.1, 0.15) is 18.1 Å². The minimum atomic E-state index is -0.336. The first kappa shape index (κ1) is 18.8. The van der Waals surface area contributed by atoms with Crippen molar-refractivity contribution in [1.82, 2.24) is 4.90 Å². The van der Waals surface area contributed by atoms with Crippen LogP contribution in [0.2, 0.25) is 10.0 Å². The summed E-state index contributed by atoms with van der Waals surface area (Å²) >= 11 is 13.2. The zero-order valence-electron chi connectivity index (χ0n) is 13.9. The van der Waals surface area contributed by atoms with E-state index in [9.17, 15) is 9.59 Å². The Morgan fingerprint density at radius 2 is 1.69 bits per heavy atom. The highest BCUT2D eigenvalue weighted by molar-refractivity contribution is 8.18. The maximum atomic E-state index is 12.6. The van der Waals surface area contributed by atoms with Gasteiger partial charge in [0.15, 0.2) is 0 Å². The van der Waals surface area contributed by atoms with E-state index in [0.717, 1.165) is 22.9 Å². The Morgan fingerprint density at radius 1 is 1.04 bits per heavy atom. The molecule has 6 heteroatoms. The lowest BCUT2D eigenvalue weighted by Crippen LogP contribution is -2.27. The van der Waals surface area contributed by atoms with Gasteiger partial charge in [0, 0.05) is 15.6 Å². The fraction of sp³-hybridized carbons (Fsp3) is 0.100. The molecule has 1 fully saturated rings. The van der Waals surface area contributed by atoms with Crippen LogP contribution >= 0.6 is 35.0 Å². The highest BCUT2D eigenvalue weighted by Crippen LogP contribution is 2.35. The van der Waals surface area contributed by atoms with Gasteiger partial charge in [0.25, 0.3) is 11.1 Å². The number of nitrogens with zero attached hydrogens (tertiary/aromatic N) is 1. The van der Waals surface area contributed by atoms with E-state index in [0.29, 0.717) is 20.5 Å². The van der Waals surface area contributed by atoms with Crippen molar-refractivity contribution in [2.24, 2.45) is 0 Å². The lowest BCUT2D eigenvalue weighted by Gasteiger charge is -2.14. The lowest BCUT2D eigenvalue weighted by molar-refractivity contribution is -0.123. The number of hydrogen-bond donors (Lipinski definition) is 0. The molecule has 0 saturated carbocycles. The molecule has 0 aromatic heterocycles. The van der Waals surface area contributed by atoms with Gasteiger partial charge in [0.05, 0.1) is 11.4 Å². The van der Waals surface area contributed by atoms with Crippen molar-refractivity contribution in [3.8, 4) is 0 Å². The third-order valence-electron chi connectivity index (χ3n) is 3.80. The number of thioether (sulfide) groups is 1. The van der Waals surface area contributed by atoms with Crippen LogP contribution in [0.3, 0.4) is 0 Å². The van der Waals surface area contributed by atoms with E-state index in [1.807, 2.05) is 43.3 Å². The van der Waals surface area contributed by atoms with Gasteiger partial charge in [-0.3, -0.25) is 14.5 Å². The number of hydrogen-bond acceptors (Lipinski definition) is 3. The van der Waals surface area contributed by atoms with Gasteiger partial charge in [-0.05, 0) is 48.0 Å². The van der Waals surface area contributed by atoms with Crippen molar-refractivity contribution in [3.63, 3.8) is 0 Å². The van der Waals surface area contributed by atoms with Gasteiger partial charge >= 0.3 is 0 Å². The molecular formula is C20H15Cl2NO2S. The summed E-state index contributed by atoms with van der Waals surface area (Å²) in [5.74, 6) is -0.336. The maximum Gasteiger partial charge on any atom is 0.293 e. The number of amides is 2. The van der Waals surface area contributed by atoms with Crippen LogP contribution in [0.15, 0.2) is 65.1 Å². The summed E-state index contributed by atoms with van der Waals surface area (Å²) in [6.07, 6.45) is 3.69. The Morgan fingerprint density at radius 3 is 2.35 bits per heavy atom. The first-order valence-corrected chi connectivity index (χ1v) is 9.44. The van der Waals surface area contributed by atoms with Crippen molar-refractivity contribution >= 4 is 52.2 Å². The van der Waals surface area contributed by atoms with E-state index in [1.54, 1.807) is 24.3 Å². The Hall–Kier alpha value is -2.01. The van der Waals surface area contributed by atoms with Crippen LogP contribution < -0.4 is 0 Å². The third kappa shape index (κ3) is 4.21. The summed E-state index contributed by atoms with van der Waals surface area (Å²) in [5.41, 5.74) is 2.48. The second-order valence-electron chi connectivity index (χ2n) is 5.77. The van der Waals surface area contributed by atoms with Crippen molar-refractivity contribution in [3.05, 3.63) is 86.3 Å². The fourth-order valence-corrected chi connectivity index (χ4v) is 3.94. The van der Waals surface area contributed by atoms with Crippen LogP contribution in [0.5, 0.6) is 0 Å². The van der Waals surface area contributed by atoms with E-state index < -0.39 is 0 Å². The predicted octanol–water partition coefficient (Wildman–Crippen LogP) is 6.18. The molecule has 2 aromatic rings. The molecule has 132 valence electrons. The summed E-state index contributed by atoms with van der Waals surface area (Å²) in [6, 6.07) is 14.9. The second-order valence-corrected chi connectivity index (χ2v) is 7.57. The van der Waals surface area contributed by atoms with Crippen LogP contribution in [-0.2, 0) is 11.3 Å². The number of imide groups is 1. The second kappa shape index (κ2) is 8.12. The van der Waals surface area contributed by atoms with Crippen LogP contribution in [0.4, 0.5) is 4.79 Å². The quantitative estimate of drug-likeness (QED) is 0.572. The van der Waals surface area contributed by atoms with Gasteiger partial charge in [-0.25, -0.2) is 0 Å². The SMILES string of the molecule is CC(=Cc1ccccc1)C=C1SC(=O)N(Cc2c(Cl)cccc2Cl)C1=O. The normalized spacial score (nSPS) is 16.7. The van der Waals surface area contributed by atoms with Gasteiger partial charge in [0.2, 0.25) is 0 Å². The van der Waals surface area contributed by atoms with Gasteiger partial charge in [-0.15, -0.1) is 0 Å². The lowest BCUT2D eigenvalue weighted by atomic mass is 10.1. The number of allylic oxidation sites excluding steroid dienone is 2. The number of halogens is 2. The van der Waals surface area contributed by atoms with Crippen molar-refractivity contribution in [2.75, 3.05) is 0 Å². The molecule has 0 spiro atoms. The fourth-order valence-electron chi connectivity index (χ4n) is 2.54. The van der Waals surface area contributed by atoms with E-state index >= 15 is 0 Å². The summed E-state index contributed by atoms with van der Waals surface area (Å²) < 4.78 is 0. The van der Waals surface area contributed by atoms with Crippen LogP contribution in [0.25, 0.3) is 6.08 Å². The first-order chi connectivity index (χ1) is 12.5. The molecule has 2 amide bonds. The minimum absolute atomic E-state index is 0.0575. The zero-order valence-corrected chi connectivity index (χ0v) is 16.2. The van der Waals surface area contributed by atoms with E-state index in [1.165, 1.54) is 4.90 Å². The highest BCUT2D eigenvalue weighted by atomic mass is 35.5. The molecule has 0 bridgehead atoms. The van der Waals surface area contributed by atoms with Crippen molar-refractivity contribution in [2.45, 2.75) is 13.5 Å². The average Bonchev–Trinajstić information content (AvgIpc) is 2.86. The molecule has 1 saturated heterocycles. The topological polar surface area (TPSA) is 37.4 Å². The summed E-state index contributed by atoms with van der Waals surface area (Å²) in [6.45, 7) is 1.95. The number of rotatable bonds is 4. The Labute approximate surface area is 166 Å². The molecule has 26 heavy (non-hydrogen) atoms. The molecule has 2 aromatic carbocycles. The van der Waals surface area contributed by atoms with Crippen molar-refractivity contribution in [1.29, 1.82) is 0 Å². The monoisotopic (exact) mass is 403 g/mol. The summed E-state index contributed by atoms with van der Waals surface area (Å²) in [4.78, 5) is 26.5. The zero-order chi connectivity index (χ0) is 18.7. The summed E-state index contributed by atoms with van der Waals surface area (Å²) in [7, 11) is 0. The Kier molecular flexibility index (Phi) is 5.87. The van der Waals surface area contributed by atoms with E-state index in [2.05, 4.69) is 0 Å². The molecule has 0 radical (unpaired) electrons. The molecular weight excluding hydrogens is 389 g/mol. The molecule has 0 unspecified atom stereocenters. The highest BCUT2D eigenvalue weighted by Gasteiger charge is 2.35. The molecule has 3 nitrogen and oxygen atoms in total. The number of benzene rings is 2. The largest absolute Gasteiger partial charge is 0.293 e. The van der Waals surface area contributed by atoms with E-state index in [4.69, 9.17) is 23.2 Å². The third-order valence-corrected chi connectivity index (χ3v) is 5.42. The standard InChI is InChI=1S/C20H15Cl2NO2S/c1-13(10-14-6-3-2-4-7-14)11-18-19(24)23(20(25)26-18)12-15-16(21)8-5-9-17(15)22/h2-11H,12H2,1H3. The summed E-state index contributed by atoms with van der Waals surface area (Å²) in [5, 5.41) is 0.533. The van der Waals surface area contributed by atoms with E-state index in [-0.39, 0.29) is 17.7 Å². The van der Waals surface area contributed by atoms with Gasteiger partial charge in [-0.1, -0.05) is 65.7 Å². The Bertz CT molecular complexity index is 902. The van der Waals surface area contributed by atoms with Gasteiger partial charge in [-0.2, -0.15) is 0 Å². The molecule has 0 atom stereocenters. The molecule has 1 heterocycles. The molecule has 1 aliphatic heterocycles. The first-order valence-electron chi connectivity index (χ1n) is 7.87.